The molecular weight excluding hydrogens is 200 g/mol. The maximum Gasteiger partial charge on any atom is 0.308 e. The van der Waals surface area contributed by atoms with Crippen LogP contribution in [0.15, 0.2) is 30.3 Å². The highest BCUT2D eigenvalue weighted by atomic mass is 32.2. The zero-order valence-electron chi connectivity index (χ0n) is 7.68. The van der Waals surface area contributed by atoms with Crippen molar-refractivity contribution in [2.24, 2.45) is 0 Å². The zero-order chi connectivity index (χ0) is 10.4. The van der Waals surface area contributed by atoms with Gasteiger partial charge in [0.2, 0.25) is 0 Å². The van der Waals surface area contributed by atoms with Crippen molar-refractivity contribution in [3.05, 3.63) is 35.9 Å². The fourth-order valence-electron chi connectivity index (χ4n) is 1.03. The predicted octanol–water partition coefficient (Wildman–Crippen LogP) is 1.41. The van der Waals surface area contributed by atoms with Crippen molar-refractivity contribution in [3.8, 4) is 0 Å². The molecule has 0 bridgehead atoms. The third kappa shape index (κ3) is 4.30. The molecule has 76 valence electrons. The summed E-state index contributed by atoms with van der Waals surface area (Å²) in [6, 6.07) is 9.43. The first-order chi connectivity index (χ1) is 6.68. The molecular formula is C10H12O3S. The quantitative estimate of drug-likeness (QED) is 0.751. The van der Waals surface area contributed by atoms with Gasteiger partial charge in [0.25, 0.3) is 0 Å². The Bertz CT molecular complexity index is 287. The highest BCUT2D eigenvalue weighted by molar-refractivity contribution is 7.90. The van der Waals surface area contributed by atoms with Gasteiger partial charge < -0.3 is 9.66 Å². The molecule has 0 amide bonds. The van der Waals surface area contributed by atoms with Gasteiger partial charge in [0.1, 0.15) is 11.5 Å². The van der Waals surface area contributed by atoms with Gasteiger partial charge >= 0.3 is 5.97 Å². The third-order valence-corrected chi connectivity index (χ3v) is 3.03. The Balaban J connectivity index is 2.34. The molecule has 1 aromatic carbocycles. The van der Waals surface area contributed by atoms with E-state index in [-0.39, 0.29) is 12.2 Å². The van der Waals surface area contributed by atoms with E-state index in [9.17, 15) is 9.35 Å². The number of hydrogen-bond donors (Lipinski definition) is 1. The molecule has 14 heavy (non-hydrogen) atoms. The van der Waals surface area contributed by atoms with Crippen molar-refractivity contribution in [1.82, 2.24) is 0 Å². The van der Waals surface area contributed by atoms with Crippen LogP contribution in [0.1, 0.15) is 12.0 Å². The largest absolute Gasteiger partial charge is 0.616 e. The van der Waals surface area contributed by atoms with E-state index in [0.717, 1.165) is 5.56 Å². The molecule has 0 saturated carbocycles. The van der Waals surface area contributed by atoms with Crippen molar-refractivity contribution in [2.75, 3.05) is 5.75 Å². The lowest BCUT2D eigenvalue weighted by molar-refractivity contribution is -0.136. The predicted molar refractivity (Wildman–Crippen MR) is 55.4 cm³/mol. The first kappa shape index (κ1) is 11.1. The lowest BCUT2D eigenvalue weighted by Gasteiger charge is -2.09. The second-order valence-corrected chi connectivity index (χ2v) is 4.49. The lowest BCUT2D eigenvalue weighted by Crippen LogP contribution is -2.12. The van der Waals surface area contributed by atoms with E-state index in [1.165, 1.54) is 0 Å². The van der Waals surface area contributed by atoms with E-state index in [0.29, 0.717) is 5.75 Å². The summed E-state index contributed by atoms with van der Waals surface area (Å²) in [5.41, 5.74) is 0.983. The second-order valence-electron chi connectivity index (χ2n) is 2.92. The summed E-state index contributed by atoms with van der Waals surface area (Å²) in [4.78, 5) is 10.2. The minimum atomic E-state index is -1.07. The number of carbonyl (C=O) groups is 1. The number of carboxylic acid groups (broad SMARTS) is 1. The van der Waals surface area contributed by atoms with E-state index in [2.05, 4.69) is 0 Å². The average Bonchev–Trinajstić information content (AvgIpc) is 2.16. The summed E-state index contributed by atoms with van der Waals surface area (Å²) >= 11 is -1.07. The van der Waals surface area contributed by atoms with Crippen LogP contribution in [0.4, 0.5) is 0 Å². The SMILES string of the molecule is O=C(O)CC[S+]([O-])Cc1ccccc1. The summed E-state index contributed by atoms with van der Waals surface area (Å²) in [6.07, 6.45) is -0.0283. The molecule has 1 N–H and O–H groups in total. The molecule has 0 radical (unpaired) electrons. The molecule has 0 saturated heterocycles. The normalized spacial score (nSPS) is 12.4. The molecule has 0 aliphatic heterocycles. The van der Waals surface area contributed by atoms with Crippen LogP contribution in [-0.4, -0.2) is 21.4 Å². The number of rotatable bonds is 5. The van der Waals surface area contributed by atoms with Gasteiger partial charge in [0, 0.05) is 5.56 Å². The summed E-state index contributed by atoms with van der Waals surface area (Å²) in [5, 5.41) is 8.39. The van der Waals surface area contributed by atoms with Crippen molar-refractivity contribution in [1.29, 1.82) is 0 Å². The number of benzene rings is 1. The molecule has 4 heteroatoms. The van der Waals surface area contributed by atoms with Gasteiger partial charge in [0.05, 0.1) is 6.42 Å². The number of carboxylic acids is 1. The Hall–Kier alpha value is -1.00. The fourth-order valence-corrected chi connectivity index (χ4v) is 2.14. The molecule has 0 heterocycles. The van der Waals surface area contributed by atoms with Crippen LogP contribution in [0.2, 0.25) is 0 Å². The second kappa shape index (κ2) is 5.67. The molecule has 0 aliphatic carbocycles. The van der Waals surface area contributed by atoms with Gasteiger partial charge in [-0.05, 0) is 11.2 Å². The van der Waals surface area contributed by atoms with Crippen LogP contribution in [0.3, 0.4) is 0 Å². The van der Waals surface area contributed by atoms with Gasteiger partial charge in [-0.15, -0.1) is 0 Å². The van der Waals surface area contributed by atoms with E-state index < -0.39 is 17.1 Å². The average molecular weight is 212 g/mol. The highest BCUT2D eigenvalue weighted by Crippen LogP contribution is 2.06. The standard InChI is InChI=1S/C10H12O3S/c11-10(12)6-7-14(13)8-9-4-2-1-3-5-9/h1-5H,6-8H2,(H,11,12). The van der Waals surface area contributed by atoms with Crippen LogP contribution in [-0.2, 0) is 21.7 Å². The summed E-state index contributed by atoms with van der Waals surface area (Å²) in [5.74, 6) is -0.232. The van der Waals surface area contributed by atoms with Crippen LogP contribution in [0.25, 0.3) is 0 Å². The molecule has 1 atom stereocenters. The minimum Gasteiger partial charge on any atom is -0.616 e. The number of hydrogen-bond acceptors (Lipinski definition) is 2. The zero-order valence-corrected chi connectivity index (χ0v) is 8.50. The molecule has 0 aromatic heterocycles. The van der Waals surface area contributed by atoms with Crippen LogP contribution < -0.4 is 0 Å². The summed E-state index contributed by atoms with van der Waals surface area (Å²) in [6.45, 7) is 0. The Labute approximate surface area is 85.9 Å². The third-order valence-electron chi connectivity index (χ3n) is 1.71. The van der Waals surface area contributed by atoms with E-state index >= 15 is 0 Å². The highest BCUT2D eigenvalue weighted by Gasteiger charge is 2.09. The summed E-state index contributed by atoms with van der Waals surface area (Å²) < 4.78 is 11.4. The summed E-state index contributed by atoms with van der Waals surface area (Å²) in [7, 11) is 0. The van der Waals surface area contributed by atoms with Gasteiger partial charge in [-0.25, -0.2) is 0 Å². The maximum atomic E-state index is 11.4. The number of aliphatic carboxylic acids is 1. The van der Waals surface area contributed by atoms with Gasteiger partial charge in [0.15, 0.2) is 0 Å². The van der Waals surface area contributed by atoms with Crippen LogP contribution in [0.5, 0.6) is 0 Å². The van der Waals surface area contributed by atoms with Crippen molar-refractivity contribution in [3.63, 3.8) is 0 Å². The van der Waals surface area contributed by atoms with E-state index in [4.69, 9.17) is 5.11 Å². The first-order valence-corrected chi connectivity index (χ1v) is 5.78. The topological polar surface area (TPSA) is 60.4 Å². The Morgan fingerprint density at radius 3 is 2.57 bits per heavy atom. The van der Waals surface area contributed by atoms with Gasteiger partial charge in [-0.1, -0.05) is 30.3 Å². The minimum absolute atomic E-state index is 0.0283. The smallest absolute Gasteiger partial charge is 0.308 e. The molecule has 1 rings (SSSR count). The molecule has 3 nitrogen and oxygen atoms in total. The van der Waals surface area contributed by atoms with Crippen LogP contribution >= 0.6 is 0 Å². The monoisotopic (exact) mass is 212 g/mol. The molecule has 1 unspecified atom stereocenters. The van der Waals surface area contributed by atoms with Crippen molar-refractivity contribution < 1.29 is 14.5 Å². The lowest BCUT2D eigenvalue weighted by atomic mass is 10.2. The van der Waals surface area contributed by atoms with Gasteiger partial charge in [-0.2, -0.15) is 0 Å². The first-order valence-electron chi connectivity index (χ1n) is 4.29. The molecule has 1 aromatic rings. The Morgan fingerprint density at radius 2 is 2.00 bits per heavy atom. The fraction of sp³-hybridized carbons (Fsp3) is 0.300. The van der Waals surface area contributed by atoms with E-state index in [1.807, 2.05) is 30.3 Å². The molecule has 0 aliphatic rings. The molecule has 0 spiro atoms. The van der Waals surface area contributed by atoms with E-state index in [1.54, 1.807) is 0 Å². The maximum absolute atomic E-state index is 11.4. The molecule has 0 fully saturated rings. The Kier molecular flexibility index (Phi) is 4.49. The van der Waals surface area contributed by atoms with Gasteiger partial charge in [-0.3, -0.25) is 4.79 Å². The van der Waals surface area contributed by atoms with Crippen LogP contribution in [0, 0.1) is 0 Å². The van der Waals surface area contributed by atoms with Crippen molar-refractivity contribution in [2.45, 2.75) is 12.2 Å². The van der Waals surface area contributed by atoms with Crippen molar-refractivity contribution >= 4 is 17.1 Å². The Morgan fingerprint density at radius 1 is 1.36 bits per heavy atom.